The lowest BCUT2D eigenvalue weighted by atomic mass is 10.0. The number of rotatable bonds is 5. The van der Waals surface area contributed by atoms with Gasteiger partial charge >= 0.3 is 5.97 Å². The highest BCUT2D eigenvalue weighted by Gasteiger charge is 1.97. The van der Waals surface area contributed by atoms with E-state index >= 15 is 0 Å². The van der Waals surface area contributed by atoms with Crippen molar-refractivity contribution in [3.05, 3.63) is 64.8 Å². The molecule has 0 saturated carbocycles. The van der Waals surface area contributed by atoms with Gasteiger partial charge in [0.1, 0.15) is 0 Å². The summed E-state index contributed by atoms with van der Waals surface area (Å²) in [6.07, 6.45) is 9.68. The van der Waals surface area contributed by atoms with Gasteiger partial charge < -0.3 is 5.11 Å². The minimum absolute atomic E-state index is 0.887. The number of benzene rings is 1. The molecule has 0 amide bonds. The number of aryl methyl sites for hydroxylation is 2. The van der Waals surface area contributed by atoms with Crippen molar-refractivity contribution in [3.8, 4) is 0 Å². The molecule has 0 saturated heterocycles. The fourth-order valence-electron chi connectivity index (χ4n) is 1.67. The Balaban J connectivity index is 3.14. The Morgan fingerprint density at radius 1 is 1.21 bits per heavy atom. The fourth-order valence-corrected chi connectivity index (χ4v) is 1.67. The standard InChI is InChI=1S/C17H20O2/c1-4-5-6-15(9-10-17(18)19)12-16-11-13(2)7-8-14(16)3/h5-12H,4H2,1-3H3,(H,18,19)/b6-5+,10-9+,15-12+. The van der Waals surface area contributed by atoms with Crippen molar-refractivity contribution in [1.82, 2.24) is 0 Å². The summed E-state index contributed by atoms with van der Waals surface area (Å²) in [7, 11) is 0. The van der Waals surface area contributed by atoms with E-state index in [-0.39, 0.29) is 0 Å². The van der Waals surface area contributed by atoms with Crippen LogP contribution < -0.4 is 0 Å². The van der Waals surface area contributed by atoms with Crippen LogP contribution in [0, 0.1) is 13.8 Å². The second-order valence-electron chi connectivity index (χ2n) is 4.49. The highest BCUT2D eigenvalue weighted by atomic mass is 16.4. The molecule has 1 N–H and O–H groups in total. The van der Waals surface area contributed by atoms with E-state index in [4.69, 9.17) is 5.11 Å². The van der Waals surface area contributed by atoms with E-state index in [2.05, 4.69) is 18.2 Å². The number of carboxylic acids is 1. The topological polar surface area (TPSA) is 37.3 Å². The SMILES string of the molecule is CC/C=C/C(/C=C/C(=O)O)=C\c1cc(C)ccc1C. The number of hydrogen-bond donors (Lipinski definition) is 1. The lowest BCUT2D eigenvalue weighted by Crippen LogP contribution is -1.87. The van der Waals surface area contributed by atoms with E-state index in [1.54, 1.807) is 6.08 Å². The Hall–Kier alpha value is -2.09. The fraction of sp³-hybridized carbons (Fsp3) is 0.235. The van der Waals surface area contributed by atoms with E-state index in [1.165, 1.54) is 11.1 Å². The van der Waals surface area contributed by atoms with Crippen molar-refractivity contribution in [2.24, 2.45) is 0 Å². The van der Waals surface area contributed by atoms with Gasteiger partial charge in [0.2, 0.25) is 0 Å². The second kappa shape index (κ2) is 7.37. The largest absolute Gasteiger partial charge is 0.478 e. The van der Waals surface area contributed by atoms with Crippen molar-refractivity contribution in [2.45, 2.75) is 27.2 Å². The number of carboxylic acid groups (broad SMARTS) is 1. The zero-order valence-corrected chi connectivity index (χ0v) is 11.7. The first kappa shape index (κ1) is 15.0. The second-order valence-corrected chi connectivity index (χ2v) is 4.49. The third kappa shape index (κ3) is 5.38. The Morgan fingerprint density at radius 3 is 2.58 bits per heavy atom. The molecule has 0 heterocycles. The van der Waals surface area contributed by atoms with Crippen LogP contribution in [0.5, 0.6) is 0 Å². The van der Waals surface area contributed by atoms with Gasteiger partial charge in [0.15, 0.2) is 0 Å². The Labute approximate surface area is 114 Å². The van der Waals surface area contributed by atoms with Crippen molar-refractivity contribution in [3.63, 3.8) is 0 Å². The van der Waals surface area contributed by atoms with Gasteiger partial charge in [-0.25, -0.2) is 4.79 Å². The maximum Gasteiger partial charge on any atom is 0.328 e. The van der Waals surface area contributed by atoms with Gasteiger partial charge in [-0.15, -0.1) is 0 Å². The molecule has 0 fully saturated rings. The molecular formula is C17H20O2. The average Bonchev–Trinajstić information content (AvgIpc) is 2.36. The molecule has 0 aliphatic rings. The lowest BCUT2D eigenvalue weighted by molar-refractivity contribution is -0.131. The summed E-state index contributed by atoms with van der Waals surface area (Å²) >= 11 is 0. The van der Waals surface area contributed by atoms with Crippen molar-refractivity contribution >= 4 is 12.0 Å². The molecular weight excluding hydrogens is 236 g/mol. The van der Waals surface area contributed by atoms with Gasteiger partial charge in [0.05, 0.1) is 0 Å². The number of hydrogen-bond acceptors (Lipinski definition) is 1. The number of aliphatic carboxylic acids is 1. The van der Waals surface area contributed by atoms with E-state index in [0.717, 1.165) is 23.6 Å². The van der Waals surface area contributed by atoms with Crippen LogP contribution >= 0.6 is 0 Å². The van der Waals surface area contributed by atoms with E-state index in [0.29, 0.717) is 0 Å². The smallest absolute Gasteiger partial charge is 0.328 e. The summed E-state index contributed by atoms with van der Waals surface area (Å²) < 4.78 is 0. The predicted molar refractivity (Wildman–Crippen MR) is 80.1 cm³/mol. The van der Waals surface area contributed by atoms with Crippen molar-refractivity contribution in [2.75, 3.05) is 0 Å². The predicted octanol–water partition coefficient (Wildman–Crippen LogP) is 4.29. The monoisotopic (exact) mass is 256 g/mol. The Bertz CT molecular complexity index is 534. The quantitative estimate of drug-likeness (QED) is 0.630. The minimum atomic E-state index is -0.934. The first-order chi connectivity index (χ1) is 9.02. The van der Waals surface area contributed by atoms with Crippen molar-refractivity contribution in [1.29, 1.82) is 0 Å². The van der Waals surface area contributed by atoms with Crippen LogP contribution in [0.4, 0.5) is 0 Å². The first-order valence-corrected chi connectivity index (χ1v) is 6.39. The first-order valence-electron chi connectivity index (χ1n) is 6.39. The van der Waals surface area contributed by atoms with Gasteiger partial charge in [-0.2, -0.15) is 0 Å². The summed E-state index contributed by atoms with van der Waals surface area (Å²) in [5.41, 5.74) is 4.37. The molecule has 100 valence electrons. The molecule has 1 aromatic rings. The average molecular weight is 256 g/mol. The van der Waals surface area contributed by atoms with E-state index in [1.807, 2.05) is 39.0 Å². The third-order valence-corrected chi connectivity index (χ3v) is 2.72. The maximum atomic E-state index is 10.6. The highest BCUT2D eigenvalue weighted by Crippen LogP contribution is 2.16. The van der Waals surface area contributed by atoms with Gasteiger partial charge in [0, 0.05) is 6.08 Å². The summed E-state index contributed by atoms with van der Waals surface area (Å²) in [6, 6.07) is 6.24. The molecule has 0 atom stereocenters. The lowest BCUT2D eigenvalue weighted by Gasteiger charge is -2.03. The molecule has 0 aliphatic carbocycles. The highest BCUT2D eigenvalue weighted by molar-refractivity contribution is 5.81. The third-order valence-electron chi connectivity index (χ3n) is 2.72. The minimum Gasteiger partial charge on any atom is -0.478 e. The summed E-state index contributed by atoms with van der Waals surface area (Å²) in [5, 5.41) is 8.71. The Kier molecular flexibility index (Phi) is 5.80. The van der Waals surface area contributed by atoms with Crippen LogP contribution in [-0.2, 0) is 4.79 Å². The molecule has 19 heavy (non-hydrogen) atoms. The van der Waals surface area contributed by atoms with Crippen LogP contribution in [0.25, 0.3) is 6.08 Å². The number of carbonyl (C=O) groups is 1. The maximum absolute atomic E-state index is 10.6. The molecule has 1 aromatic carbocycles. The molecule has 0 unspecified atom stereocenters. The Morgan fingerprint density at radius 2 is 1.95 bits per heavy atom. The van der Waals surface area contributed by atoms with Crippen LogP contribution in [0.2, 0.25) is 0 Å². The van der Waals surface area contributed by atoms with Crippen LogP contribution in [0.1, 0.15) is 30.0 Å². The van der Waals surface area contributed by atoms with Gasteiger partial charge in [-0.3, -0.25) is 0 Å². The van der Waals surface area contributed by atoms with E-state index in [9.17, 15) is 4.79 Å². The van der Waals surface area contributed by atoms with Crippen LogP contribution in [0.3, 0.4) is 0 Å². The van der Waals surface area contributed by atoms with Crippen LogP contribution in [-0.4, -0.2) is 11.1 Å². The summed E-state index contributed by atoms with van der Waals surface area (Å²) in [6.45, 7) is 6.14. The molecule has 0 spiro atoms. The summed E-state index contributed by atoms with van der Waals surface area (Å²) in [5.74, 6) is -0.934. The van der Waals surface area contributed by atoms with Gasteiger partial charge in [-0.05, 0) is 49.1 Å². The van der Waals surface area contributed by atoms with E-state index < -0.39 is 5.97 Å². The molecule has 2 nitrogen and oxygen atoms in total. The van der Waals surface area contributed by atoms with Gasteiger partial charge in [0.25, 0.3) is 0 Å². The molecule has 1 rings (SSSR count). The summed E-state index contributed by atoms with van der Waals surface area (Å²) in [4.78, 5) is 10.6. The van der Waals surface area contributed by atoms with Crippen LogP contribution in [0.15, 0.2) is 48.1 Å². The zero-order valence-electron chi connectivity index (χ0n) is 11.7. The zero-order chi connectivity index (χ0) is 14.3. The normalized spacial score (nSPS) is 12.5. The molecule has 0 aromatic heterocycles. The molecule has 2 heteroatoms. The molecule has 0 radical (unpaired) electrons. The van der Waals surface area contributed by atoms with Gasteiger partial charge in [-0.1, -0.05) is 42.8 Å². The molecule has 0 aliphatic heterocycles. The van der Waals surface area contributed by atoms with Crippen molar-refractivity contribution < 1.29 is 9.90 Å². The molecule has 0 bridgehead atoms. The number of allylic oxidation sites excluding steroid dienone is 4.